The van der Waals surface area contributed by atoms with Crippen molar-refractivity contribution in [1.82, 2.24) is 9.88 Å². The van der Waals surface area contributed by atoms with Crippen LogP contribution in [0, 0.1) is 5.92 Å². The molecule has 1 saturated heterocycles. The van der Waals surface area contributed by atoms with Gasteiger partial charge in [-0.2, -0.15) is 0 Å². The minimum Gasteiger partial charge on any atom is -0.481 e. The van der Waals surface area contributed by atoms with Crippen LogP contribution in [-0.4, -0.2) is 40.0 Å². The Morgan fingerprint density at radius 1 is 1.32 bits per heavy atom. The molecule has 1 N–H and O–H groups in total. The number of hydrogen-bond donors (Lipinski definition) is 1. The van der Waals surface area contributed by atoms with Gasteiger partial charge in [-0.1, -0.05) is 34.8 Å². The van der Waals surface area contributed by atoms with Crippen molar-refractivity contribution < 1.29 is 14.7 Å². The van der Waals surface area contributed by atoms with Gasteiger partial charge < -0.3 is 10.0 Å². The number of aliphatic carboxylic acids is 1. The topological polar surface area (TPSA) is 70.5 Å². The fraction of sp³-hybridized carbons (Fsp3) is 0.364. The number of aromatic nitrogens is 1. The molecule has 2 heterocycles. The largest absolute Gasteiger partial charge is 0.481 e. The Hall–Kier alpha value is -1.04. The zero-order valence-electron chi connectivity index (χ0n) is 9.57. The maximum Gasteiger partial charge on any atom is 0.308 e. The molecule has 19 heavy (non-hydrogen) atoms. The summed E-state index contributed by atoms with van der Waals surface area (Å²) < 4.78 is 0. The van der Waals surface area contributed by atoms with Crippen molar-refractivity contribution in [3.8, 4) is 0 Å². The van der Waals surface area contributed by atoms with E-state index < -0.39 is 17.8 Å². The summed E-state index contributed by atoms with van der Waals surface area (Å²) in [7, 11) is 0. The van der Waals surface area contributed by atoms with E-state index in [9.17, 15) is 9.59 Å². The molecule has 1 fully saturated rings. The molecule has 1 amide bonds. The molecule has 1 atom stereocenters. The number of likely N-dealkylation sites (tertiary alicyclic amines) is 1. The van der Waals surface area contributed by atoms with Crippen molar-refractivity contribution in [2.45, 2.75) is 6.42 Å². The van der Waals surface area contributed by atoms with Gasteiger partial charge in [0.1, 0.15) is 5.69 Å². The highest BCUT2D eigenvalue weighted by molar-refractivity contribution is 6.48. The van der Waals surface area contributed by atoms with E-state index in [4.69, 9.17) is 39.9 Å². The number of carbonyl (C=O) groups is 2. The van der Waals surface area contributed by atoms with Crippen molar-refractivity contribution in [1.29, 1.82) is 0 Å². The Kier molecular flexibility index (Phi) is 4.18. The molecule has 102 valence electrons. The van der Waals surface area contributed by atoms with E-state index in [0.29, 0.717) is 13.0 Å². The molecule has 8 heteroatoms. The van der Waals surface area contributed by atoms with Crippen LogP contribution in [-0.2, 0) is 4.79 Å². The van der Waals surface area contributed by atoms with E-state index in [1.165, 1.54) is 11.1 Å². The first kappa shape index (κ1) is 14.4. The molecule has 0 aromatic carbocycles. The molecule has 1 aliphatic rings. The second-order valence-electron chi connectivity index (χ2n) is 4.16. The molecular weight excluding hydrogens is 314 g/mol. The number of carboxylic acid groups (broad SMARTS) is 1. The molecule has 1 aromatic heterocycles. The minimum absolute atomic E-state index is 0.0119. The molecule has 0 aliphatic carbocycles. The highest BCUT2D eigenvalue weighted by atomic mass is 35.5. The van der Waals surface area contributed by atoms with E-state index in [2.05, 4.69) is 4.98 Å². The van der Waals surface area contributed by atoms with Crippen LogP contribution in [0.4, 0.5) is 0 Å². The summed E-state index contributed by atoms with van der Waals surface area (Å²) in [5.74, 6) is -1.90. The van der Waals surface area contributed by atoms with Gasteiger partial charge in [-0.25, -0.2) is 4.98 Å². The average molecular weight is 324 g/mol. The van der Waals surface area contributed by atoms with Crippen LogP contribution in [0.15, 0.2) is 6.20 Å². The second-order valence-corrected chi connectivity index (χ2v) is 5.32. The summed E-state index contributed by atoms with van der Waals surface area (Å²) in [5, 5.41) is 9.11. The third-order valence-electron chi connectivity index (χ3n) is 2.94. The zero-order valence-corrected chi connectivity index (χ0v) is 11.8. The predicted molar refractivity (Wildman–Crippen MR) is 70.9 cm³/mol. The van der Waals surface area contributed by atoms with Gasteiger partial charge in [0, 0.05) is 19.3 Å². The minimum atomic E-state index is -0.913. The van der Waals surface area contributed by atoms with Crippen molar-refractivity contribution >= 4 is 46.7 Å². The van der Waals surface area contributed by atoms with Crippen molar-refractivity contribution in [3.63, 3.8) is 0 Å². The van der Waals surface area contributed by atoms with Gasteiger partial charge in [-0.05, 0) is 6.42 Å². The lowest BCUT2D eigenvalue weighted by Gasteiger charge is -2.16. The summed E-state index contributed by atoms with van der Waals surface area (Å²) >= 11 is 17.5. The Bertz CT molecular complexity index is 550. The van der Waals surface area contributed by atoms with Crippen molar-refractivity contribution in [2.75, 3.05) is 13.1 Å². The number of rotatable bonds is 2. The lowest BCUT2D eigenvalue weighted by atomic mass is 10.1. The number of carboxylic acids is 1. The summed E-state index contributed by atoms with van der Waals surface area (Å²) in [4.78, 5) is 28.3. The molecule has 0 bridgehead atoms. The highest BCUT2D eigenvalue weighted by Crippen LogP contribution is 2.32. The quantitative estimate of drug-likeness (QED) is 0.908. The first-order valence-electron chi connectivity index (χ1n) is 5.43. The lowest BCUT2D eigenvalue weighted by Crippen LogP contribution is -2.30. The van der Waals surface area contributed by atoms with E-state index in [0.717, 1.165) is 0 Å². The van der Waals surface area contributed by atoms with Gasteiger partial charge in [-0.3, -0.25) is 9.59 Å². The Labute approximate surface area is 124 Å². The Balaban J connectivity index is 2.22. The normalized spacial score (nSPS) is 18.7. The van der Waals surface area contributed by atoms with E-state index in [1.807, 2.05) is 0 Å². The zero-order chi connectivity index (χ0) is 14.2. The lowest BCUT2D eigenvalue weighted by molar-refractivity contribution is -0.141. The number of amides is 1. The van der Waals surface area contributed by atoms with Crippen molar-refractivity contribution in [2.24, 2.45) is 5.92 Å². The molecule has 5 nitrogen and oxygen atoms in total. The van der Waals surface area contributed by atoms with Crippen LogP contribution >= 0.6 is 34.8 Å². The van der Waals surface area contributed by atoms with Crippen LogP contribution in [0.2, 0.25) is 15.1 Å². The SMILES string of the molecule is O=C(O)C1CCN(C(=O)c2ncc(Cl)c(Cl)c2Cl)C1. The molecule has 0 radical (unpaired) electrons. The number of pyridine rings is 1. The monoisotopic (exact) mass is 322 g/mol. The number of carbonyl (C=O) groups excluding carboxylic acids is 1. The number of nitrogens with zero attached hydrogens (tertiary/aromatic N) is 2. The van der Waals surface area contributed by atoms with Gasteiger partial charge in [0.15, 0.2) is 0 Å². The van der Waals surface area contributed by atoms with E-state index >= 15 is 0 Å². The average Bonchev–Trinajstić information content (AvgIpc) is 2.85. The standard InChI is InChI=1S/C11H9Cl3N2O3/c12-6-3-15-9(8(14)7(6)13)10(17)16-2-1-5(4-16)11(18)19/h3,5H,1-2,4H2,(H,18,19). The first-order valence-corrected chi connectivity index (χ1v) is 6.56. The molecule has 1 unspecified atom stereocenters. The maximum atomic E-state index is 12.2. The van der Waals surface area contributed by atoms with Crippen LogP contribution in [0.25, 0.3) is 0 Å². The number of halogens is 3. The van der Waals surface area contributed by atoms with Crippen LogP contribution in [0.5, 0.6) is 0 Å². The third-order valence-corrected chi connectivity index (χ3v) is 4.19. The summed E-state index contributed by atoms with van der Waals surface area (Å²) in [6.07, 6.45) is 1.66. The first-order chi connectivity index (χ1) is 8.91. The van der Waals surface area contributed by atoms with Crippen LogP contribution < -0.4 is 0 Å². The van der Waals surface area contributed by atoms with Crippen LogP contribution in [0.3, 0.4) is 0 Å². The fourth-order valence-electron chi connectivity index (χ4n) is 1.89. The van der Waals surface area contributed by atoms with Gasteiger partial charge in [0.2, 0.25) is 0 Å². The molecule has 1 aromatic rings. The molecule has 0 spiro atoms. The van der Waals surface area contributed by atoms with E-state index in [1.54, 1.807) is 0 Å². The predicted octanol–water partition coefficient (Wildman–Crippen LogP) is 2.59. The number of hydrogen-bond acceptors (Lipinski definition) is 3. The molecule has 1 aliphatic heterocycles. The van der Waals surface area contributed by atoms with Gasteiger partial charge >= 0.3 is 5.97 Å². The molecule has 0 saturated carbocycles. The molecule has 2 rings (SSSR count). The van der Waals surface area contributed by atoms with E-state index in [-0.39, 0.29) is 27.3 Å². The maximum absolute atomic E-state index is 12.2. The van der Waals surface area contributed by atoms with Crippen molar-refractivity contribution in [3.05, 3.63) is 27.0 Å². The summed E-state index contributed by atoms with van der Waals surface area (Å²) in [5.41, 5.74) is -0.0119. The van der Waals surface area contributed by atoms with Crippen LogP contribution in [0.1, 0.15) is 16.9 Å². The van der Waals surface area contributed by atoms with Gasteiger partial charge in [-0.15, -0.1) is 0 Å². The fourth-order valence-corrected chi connectivity index (χ4v) is 2.45. The summed E-state index contributed by atoms with van der Waals surface area (Å²) in [6.45, 7) is 0.500. The highest BCUT2D eigenvalue weighted by Gasteiger charge is 2.33. The van der Waals surface area contributed by atoms with Gasteiger partial charge in [0.25, 0.3) is 5.91 Å². The van der Waals surface area contributed by atoms with Gasteiger partial charge in [0.05, 0.1) is 21.0 Å². The Morgan fingerprint density at radius 3 is 2.58 bits per heavy atom. The third kappa shape index (κ3) is 2.78. The Morgan fingerprint density at radius 2 is 2.00 bits per heavy atom. The smallest absolute Gasteiger partial charge is 0.308 e. The summed E-state index contributed by atoms with van der Waals surface area (Å²) in [6, 6.07) is 0. The molecular formula is C11H9Cl3N2O3. The second kappa shape index (κ2) is 5.53.